The van der Waals surface area contributed by atoms with Crippen LogP contribution in [0.25, 0.3) is 0 Å². The minimum atomic E-state index is -0.122. The molecule has 0 amide bonds. The molecule has 1 heterocycles. The number of hydrogen-bond donors (Lipinski definition) is 1. The molecule has 1 N–H and O–H groups in total. The summed E-state index contributed by atoms with van der Waals surface area (Å²) in [6, 6.07) is 0.371. The standard InChI is InChI=1S/C13H25N3O2/c1-6-7-14-11(9(2)3)8-12-15-13(16-18-12)10(4)17-5/h9-11,14H,6-8H2,1-5H3. The summed E-state index contributed by atoms with van der Waals surface area (Å²) >= 11 is 0. The van der Waals surface area contributed by atoms with Crippen molar-refractivity contribution >= 4 is 0 Å². The molecule has 0 saturated heterocycles. The summed E-state index contributed by atoms with van der Waals surface area (Å²) in [6.07, 6.45) is 1.77. The van der Waals surface area contributed by atoms with Crippen LogP contribution in [0, 0.1) is 5.92 Å². The molecule has 1 rings (SSSR count). The molecule has 0 radical (unpaired) electrons. The first-order valence-corrected chi connectivity index (χ1v) is 6.67. The molecule has 2 unspecified atom stereocenters. The fraction of sp³-hybridized carbons (Fsp3) is 0.846. The fourth-order valence-electron chi connectivity index (χ4n) is 1.68. The second-order valence-corrected chi connectivity index (χ2v) is 4.93. The lowest BCUT2D eigenvalue weighted by molar-refractivity contribution is 0.109. The summed E-state index contributed by atoms with van der Waals surface area (Å²) in [6.45, 7) is 9.47. The highest BCUT2D eigenvalue weighted by atomic mass is 16.5. The van der Waals surface area contributed by atoms with Crippen molar-refractivity contribution in [1.82, 2.24) is 15.5 Å². The minimum absolute atomic E-state index is 0.122. The lowest BCUT2D eigenvalue weighted by Crippen LogP contribution is -2.36. The van der Waals surface area contributed by atoms with Crippen LogP contribution in [0.4, 0.5) is 0 Å². The van der Waals surface area contributed by atoms with Crippen LogP contribution in [0.2, 0.25) is 0 Å². The Morgan fingerprint density at radius 1 is 1.33 bits per heavy atom. The number of aromatic nitrogens is 2. The summed E-state index contributed by atoms with van der Waals surface area (Å²) < 4.78 is 10.4. The molecule has 0 saturated carbocycles. The highest BCUT2D eigenvalue weighted by Gasteiger charge is 2.19. The highest BCUT2D eigenvalue weighted by Crippen LogP contribution is 2.14. The normalized spacial score (nSPS) is 15.0. The van der Waals surface area contributed by atoms with E-state index in [0.717, 1.165) is 19.4 Å². The lowest BCUT2D eigenvalue weighted by Gasteiger charge is -2.20. The number of methoxy groups -OCH3 is 1. The number of hydrogen-bond acceptors (Lipinski definition) is 5. The first-order chi connectivity index (χ1) is 8.58. The van der Waals surface area contributed by atoms with E-state index in [9.17, 15) is 0 Å². The number of rotatable bonds is 8. The molecular weight excluding hydrogens is 230 g/mol. The smallest absolute Gasteiger partial charge is 0.228 e. The third-order valence-electron chi connectivity index (χ3n) is 3.06. The van der Waals surface area contributed by atoms with E-state index in [4.69, 9.17) is 9.26 Å². The first kappa shape index (κ1) is 15.1. The molecule has 0 aromatic carbocycles. The van der Waals surface area contributed by atoms with Crippen LogP contribution in [0.5, 0.6) is 0 Å². The molecule has 104 valence electrons. The Morgan fingerprint density at radius 3 is 2.61 bits per heavy atom. The van der Waals surface area contributed by atoms with Crippen molar-refractivity contribution < 1.29 is 9.26 Å². The number of nitrogens with one attached hydrogen (secondary N) is 1. The average molecular weight is 255 g/mol. The molecule has 0 fully saturated rings. The van der Waals surface area contributed by atoms with Crippen molar-refractivity contribution in [3.05, 3.63) is 11.7 Å². The number of nitrogens with zero attached hydrogens (tertiary/aromatic N) is 2. The highest BCUT2D eigenvalue weighted by molar-refractivity contribution is 4.92. The van der Waals surface area contributed by atoms with Crippen molar-refractivity contribution in [3.8, 4) is 0 Å². The van der Waals surface area contributed by atoms with Gasteiger partial charge < -0.3 is 14.6 Å². The summed E-state index contributed by atoms with van der Waals surface area (Å²) in [5, 5.41) is 7.45. The molecule has 0 spiro atoms. The Balaban J connectivity index is 2.60. The van der Waals surface area contributed by atoms with Gasteiger partial charge in [0.15, 0.2) is 5.82 Å². The second kappa shape index (κ2) is 7.48. The van der Waals surface area contributed by atoms with Crippen LogP contribution in [-0.2, 0) is 11.2 Å². The summed E-state index contributed by atoms with van der Waals surface area (Å²) in [5.41, 5.74) is 0. The van der Waals surface area contributed by atoms with Crippen LogP contribution < -0.4 is 5.32 Å². The van der Waals surface area contributed by atoms with E-state index < -0.39 is 0 Å². The van der Waals surface area contributed by atoms with Gasteiger partial charge in [-0.05, 0) is 25.8 Å². The largest absolute Gasteiger partial charge is 0.374 e. The molecule has 0 aliphatic carbocycles. The van der Waals surface area contributed by atoms with Gasteiger partial charge in [-0.15, -0.1) is 0 Å². The molecule has 1 aromatic heterocycles. The monoisotopic (exact) mass is 255 g/mol. The topological polar surface area (TPSA) is 60.2 Å². The maximum atomic E-state index is 5.27. The van der Waals surface area contributed by atoms with E-state index in [1.54, 1.807) is 7.11 Å². The summed E-state index contributed by atoms with van der Waals surface area (Å²) in [7, 11) is 1.64. The Morgan fingerprint density at radius 2 is 2.06 bits per heavy atom. The zero-order valence-corrected chi connectivity index (χ0v) is 12.1. The molecular formula is C13H25N3O2. The molecule has 0 aliphatic heterocycles. The predicted octanol–water partition coefficient (Wildman–Crippen LogP) is 2.34. The fourth-order valence-corrected chi connectivity index (χ4v) is 1.68. The quantitative estimate of drug-likeness (QED) is 0.772. The van der Waals surface area contributed by atoms with Gasteiger partial charge in [0.1, 0.15) is 6.10 Å². The minimum Gasteiger partial charge on any atom is -0.374 e. The SMILES string of the molecule is CCCNC(Cc1nc(C(C)OC)no1)C(C)C. The van der Waals surface area contributed by atoms with Gasteiger partial charge in [0.25, 0.3) is 0 Å². The molecule has 0 bridgehead atoms. The Kier molecular flexibility index (Phi) is 6.29. The zero-order valence-electron chi connectivity index (χ0n) is 12.1. The van der Waals surface area contributed by atoms with Crippen LogP contribution in [-0.4, -0.2) is 29.8 Å². The second-order valence-electron chi connectivity index (χ2n) is 4.93. The maximum absolute atomic E-state index is 5.27. The Labute approximate surface area is 109 Å². The van der Waals surface area contributed by atoms with Crippen molar-refractivity contribution in [2.75, 3.05) is 13.7 Å². The molecule has 2 atom stereocenters. The predicted molar refractivity (Wildman–Crippen MR) is 70.3 cm³/mol. The van der Waals surface area contributed by atoms with Crippen molar-refractivity contribution in [2.45, 2.75) is 52.7 Å². The molecule has 0 aliphatic rings. The Hall–Kier alpha value is -0.940. The molecule has 1 aromatic rings. The van der Waals surface area contributed by atoms with Gasteiger partial charge in [0, 0.05) is 19.6 Å². The third-order valence-corrected chi connectivity index (χ3v) is 3.06. The van der Waals surface area contributed by atoms with Crippen LogP contribution in [0.1, 0.15) is 51.9 Å². The van der Waals surface area contributed by atoms with E-state index in [1.807, 2.05) is 6.92 Å². The van der Waals surface area contributed by atoms with Gasteiger partial charge in [-0.3, -0.25) is 0 Å². The Bertz CT molecular complexity index is 339. The van der Waals surface area contributed by atoms with Crippen molar-refractivity contribution in [3.63, 3.8) is 0 Å². The van der Waals surface area contributed by atoms with Gasteiger partial charge in [0.05, 0.1) is 0 Å². The van der Waals surface area contributed by atoms with Gasteiger partial charge in [-0.1, -0.05) is 25.9 Å². The molecule has 18 heavy (non-hydrogen) atoms. The molecule has 5 nitrogen and oxygen atoms in total. The van der Waals surface area contributed by atoms with Gasteiger partial charge in [0.2, 0.25) is 5.89 Å². The summed E-state index contributed by atoms with van der Waals surface area (Å²) in [5.74, 6) is 1.83. The average Bonchev–Trinajstić information content (AvgIpc) is 2.81. The van der Waals surface area contributed by atoms with E-state index in [0.29, 0.717) is 23.7 Å². The van der Waals surface area contributed by atoms with Gasteiger partial charge >= 0.3 is 0 Å². The number of ether oxygens (including phenoxy) is 1. The van der Waals surface area contributed by atoms with Crippen LogP contribution in [0.3, 0.4) is 0 Å². The van der Waals surface area contributed by atoms with E-state index in [-0.39, 0.29) is 6.10 Å². The lowest BCUT2D eigenvalue weighted by atomic mass is 10.0. The first-order valence-electron chi connectivity index (χ1n) is 6.67. The van der Waals surface area contributed by atoms with Crippen LogP contribution >= 0.6 is 0 Å². The van der Waals surface area contributed by atoms with Gasteiger partial charge in [-0.25, -0.2) is 0 Å². The summed E-state index contributed by atoms with van der Waals surface area (Å²) in [4.78, 5) is 4.37. The van der Waals surface area contributed by atoms with E-state index in [2.05, 4.69) is 36.2 Å². The third kappa shape index (κ3) is 4.38. The van der Waals surface area contributed by atoms with Gasteiger partial charge in [-0.2, -0.15) is 4.98 Å². The van der Waals surface area contributed by atoms with Crippen molar-refractivity contribution in [2.24, 2.45) is 5.92 Å². The van der Waals surface area contributed by atoms with E-state index >= 15 is 0 Å². The van der Waals surface area contributed by atoms with Crippen molar-refractivity contribution in [1.29, 1.82) is 0 Å². The maximum Gasteiger partial charge on any atom is 0.228 e. The zero-order chi connectivity index (χ0) is 13.5. The van der Waals surface area contributed by atoms with Crippen LogP contribution in [0.15, 0.2) is 4.52 Å². The van der Waals surface area contributed by atoms with E-state index in [1.165, 1.54) is 0 Å². The molecule has 5 heteroatoms.